The number of aromatic nitrogens is 2. The Bertz CT molecular complexity index is 1240. The normalized spacial score (nSPS) is 15.2. The molecule has 1 aliphatic rings. The summed E-state index contributed by atoms with van der Waals surface area (Å²) in [6.45, 7) is 2.98. The lowest BCUT2D eigenvalue weighted by atomic mass is 10.1. The smallest absolute Gasteiger partial charge is 0.433 e. The summed E-state index contributed by atoms with van der Waals surface area (Å²) in [5.74, 6) is -0.0274. The average molecular weight is 517 g/mol. The Morgan fingerprint density at radius 3 is 2.27 bits per heavy atom. The molecule has 0 unspecified atom stereocenters. The minimum atomic E-state index is -4.64. The van der Waals surface area contributed by atoms with E-state index in [0.717, 1.165) is 12.3 Å². The van der Waals surface area contributed by atoms with Crippen LogP contribution >= 0.6 is 0 Å². The maximum Gasteiger partial charge on any atom is 0.433 e. The highest BCUT2D eigenvalue weighted by molar-refractivity contribution is 5.95. The molecule has 1 atom stereocenters. The van der Waals surface area contributed by atoms with Gasteiger partial charge >= 0.3 is 6.18 Å². The maximum atomic E-state index is 13.0. The van der Waals surface area contributed by atoms with Crippen molar-refractivity contribution in [2.45, 2.75) is 19.1 Å². The number of ether oxygens (including phenoxy) is 1. The molecule has 4 rings (SSSR count). The molecular weight excluding hydrogens is 494 g/mol. The number of anilines is 1. The first-order chi connectivity index (χ1) is 17.6. The number of piperazine rings is 1. The van der Waals surface area contributed by atoms with Gasteiger partial charge in [-0.1, -0.05) is 0 Å². The molecule has 1 saturated heterocycles. The van der Waals surface area contributed by atoms with E-state index in [9.17, 15) is 27.2 Å². The van der Waals surface area contributed by atoms with Gasteiger partial charge in [-0.3, -0.25) is 19.5 Å². The summed E-state index contributed by atoms with van der Waals surface area (Å²) >= 11 is 0. The standard InChI is InChI=1S/C25H23F4N5O3/c1-16(23(35)32-22-7-6-20(15-31-22)37-19-4-2-18(26)3-5-19)33-10-12-34(13-11-33)24(36)17-8-9-30-21(14-17)25(27,28)29/h2-9,14-16H,10-13H2,1H3,(H,31,32,35)/t16-/m1/s1. The summed E-state index contributed by atoms with van der Waals surface area (Å²) in [6.07, 6.45) is -2.24. The topological polar surface area (TPSA) is 87.7 Å². The Morgan fingerprint density at radius 1 is 0.973 bits per heavy atom. The maximum absolute atomic E-state index is 13.0. The fourth-order valence-corrected chi connectivity index (χ4v) is 3.76. The predicted molar refractivity (Wildman–Crippen MR) is 126 cm³/mol. The molecule has 0 bridgehead atoms. The van der Waals surface area contributed by atoms with Crippen LogP contribution in [0.5, 0.6) is 11.5 Å². The van der Waals surface area contributed by atoms with Crippen LogP contribution in [-0.4, -0.2) is 63.8 Å². The van der Waals surface area contributed by atoms with Gasteiger partial charge in [0.1, 0.15) is 28.8 Å². The van der Waals surface area contributed by atoms with Crippen molar-refractivity contribution < 1.29 is 31.9 Å². The van der Waals surface area contributed by atoms with Crippen LogP contribution in [0.4, 0.5) is 23.4 Å². The summed E-state index contributed by atoms with van der Waals surface area (Å²) in [4.78, 5) is 36.2. The summed E-state index contributed by atoms with van der Waals surface area (Å²) < 4.78 is 57.3. The first kappa shape index (κ1) is 26.0. The zero-order valence-corrected chi connectivity index (χ0v) is 19.7. The number of halogens is 4. The number of hydrogen-bond acceptors (Lipinski definition) is 6. The van der Waals surface area contributed by atoms with E-state index in [-0.39, 0.29) is 30.4 Å². The zero-order valence-electron chi connectivity index (χ0n) is 19.7. The third kappa shape index (κ3) is 6.58. The molecule has 3 aromatic rings. The quantitative estimate of drug-likeness (QED) is 0.493. The fourth-order valence-electron chi connectivity index (χ4n) is 3.76. The summed E-state index contributed by atoms with van der Waals surface area (Å²) in [5, 5.41) is 2.73. The third-order valence-electron chi connectivity index (χ3n) is 5.86. The second-order valence-corrected chi connectivity index (χ2v) is 8.36. The van der Waals surface area contributed by atoms with Crippen LogP contribution in [0.15, 0.2) is 60.9 Å². The molecule has 12 heteroatoms. The van der Waals surface area contributed by atoms with Crippen molar-refractivity contribution in [1.29, 1.82) is 0 Å². The molecule has 1 N–H and O–H groups in total. The summed E-state index contributed by atoms with van der Waals surface area (Å²) in [7, 11) is 0. The highest BCUT2D eigenvalue weighted by atomic mass is 19.4. The van der Waals surface area contributed by atoms with Crippen LogP contribution in [0.25, 0.3) is 0 Å². The number of amides is 2. The van der Waals surface area contributed by atoms with Gasteiger partial charge in [0.05, 0.1) is 12.2 Å². The van der Waals surface area contributed by atoms with Gasteiger partial charge in [-0.25, -0.2) is 9.37 Å². The monoisotopic (exact) mass is 517 g/mol. The molecule has 0 spiro atoms. The molecule has 1 aliphatic heterocycles. The molecular formula is C25H23F4N5O3. The minimum absolute atomic E-state index is 0.0838. The van der Waals surface area contributed by atoms with Gasteiger partial charge in [0.2, 0.25) is 5.91 Å². The Balaban J connectivity index is 1.28. The molecule has 8 nitrogen and oxygen atoms in total. The van der Waals surface area contributed by atoms with Crippen molar-refractivity contribution in [3.05, 3.63) is 78.0 Å². The van der Waals surface area contributed by atoms with Crippen molar-refractivity contribution in [3.63, 3.8) is 0 Å². The Labute approximate surface area is 209 Å². The number of nitrogens with one attached hydrogen (secondary N) is 1. The van der Waals surface area contributed by atoms with E-state index < -0.39 is 23.8 Å². The van der Waals surface area contributed by atoms with Gasteiger partial charge in [-0.15, -0.1) is 0 Å². The van der Waals surface area contributed by atoms with E-state index in [1.54, 1.807) is 19.1 Å². The van der Waals surface area contributed by atoms with Crippen LogP contribution in [0.3, 0.4) is 0 Å². The number of alkyl halides is 3. The van der Waals surface area contributed by atoms with Crippen molar-refractivity contribution in [2.75, 3.05) is 31.5 Å². The number of carbonyl (C=O) groups is 2. The van der Waals surface area contributed by atoms with E-state index in [1.807, 2.05) is 4.90 Å². The van der Waals surface area contributed by atoms with E-state index >= 15 is 0 Å². The molecule has 2 amide bonds. The minimum Gasteiger partial charge on any atom is -0.456 e. The molecule has 3 heterocycles. The first-order valence-corrected chi connectivity index (χ1v) is 11.4. The van der Waals surface area contributed by atoms with Gasteiger partial charge in [-0.2, -0.15) is 13.2 Å². The summed E-state index contributed by atoms with van der Waals surface area (Å²) in [5.41, 5.74) is -1.20. The molecule has 1 fully saturated rings. The fraction of sp³-hybridized carbons (Fsp3) is 0.280. The molecule has 37 heavy (non-hydrogen) atoms. The highest BCUT2D eigenvalue weighted by Gasteiger charge is 2.34. The van der Waals surface area contributed by atoms with E-state index in [0.29, 0.717) is 30.4 Å². The van der Waals surface area contributed by atoms with E-state index in [1.165, 1.54) is 41.4 Å². The van der Waals surface area contributed by atoms with Crippen LogP contribution in [0.2, 0.25) is 0 Å². The second kappa shape index (κ2) is 10.9. The highest BCUT2D eigenvalue weighted by Crippen LogP contribution is 2.28. The van der Waals surface area contributed by atoms with Gasteiger partial charge in [0.15, 0.2) is 0 Å². The molecule has 0 radical (unpaired) electrons. The average Bonchev–Trinajstić information content (AvgIpc) is 2.90. The van der Waals surface area contributed by atoms with Crippen molar-refractivity contribution >= 4 is 17.6 Å². The number of hydrogen-bond donors (Lipinski definition) is 1. The SMILES string of the molecule is C[C@H](C(=O)Nc1ccc(Oc2ccc(F)cc2)cn1)N1CCN(C(=O)c2ccnc(C(F)(F)F)c2)CC1. The Morgan fingerprint density at radius 2 is 1.65 bits per heavy atom. The Hall–Kier alpha value is -4.06. The molecule has 1 aromatic carbocycles. The number of pyridine rings is 2. The lowest BCUT2D eigenvalue weighted by Gasteiger charge is -2.37. The van der Waals surface area contributed by atoms with Crippen LogP contribution < -0.4 is 10.1 Å². The molecule has 0 aliphatic carbocycles. The van der Waals surface area contributed by atoms with E-state index in [2.05, 4.69) is 15.3 Å². The zero-order chi connectivity index (χ0) is 26.6. The number of carbonyl (C=O) groups excluding carboxylic acids is 2. The Kier molecular flexibility index (Phi) is 7.67. The molecule has 2 aromatic heterocycles. The van der Waals surface area contributed by atoms with Crippen molar-refractivity contribution in [1.82, 2.24) is 19.8 Å². The van der Waals surface area contributed by atoms with Gasteiger partial charge in [0, 0.05) is 37.9 Å². The molecule has 0 saturated carbocycles. The van der Waals surface area contributed by atoms with Crippen LogP contribution in [0.1, 0.15) is 23.0 Å². The van der Waals surface area contributed by atoms with Gasteiger partial charge in [0.25, 0.3) is 5.91 Å². The second-order valence-electron chi connectivity index (χ2n) is 8.36. The number of benzene rings is 1. The van der Waals surface area contributed by atoms with Crippen LogP contribution in [-0.2, 0) is 11.0 Å². The van der Waals surface area contributed by atoms with Crippen LogP contribution in [0, 0.1) is 5.82 Å². The number of rotatable bonds is 6. The lowest BCUT2D eigenvalue weighted by Crippen LogP contribution is -2.54. The first-order valence-electron chi connectivity index (χ1n) is 11.4. The van der Waals surface area contributed by atoms with Crippen molar-refractivity contribution in [3.8, 4) is 11.5 Å². The molecule has 194 valence electrons. The third-order valence-corrected chi connectivity index (χ3v) is 5.86. The number of nitrogens with zero attached hydrogens (tertiary/aromatic N) is 4. The van der Waals surface area contributed by atoms with Gasteiger partial charge < -0.3 is 15.0 Å². The van der Waals surface area contributed by atoms with Crippen molar-refractivity contribution in [2.24, 2.45) is 0 Å². The lowest BCUT2D eigenvalue weighted by molar-refractivity contribution is -0.141. The largest absolute Gasteiger partial charge is 0.456 e. The van der Waals surface area contributed by atoms with Gasteiger partial charge in [-0.05, 0) is 55.5 Å². The summed E-state index contributed by atoms with van der Waals surface area (Å²) in [6, 6.07) is 10.2. The van der Waals surface area contributed by atoms with E-state index in [4.69, 9.17) is 4.74 Å². The predicted octanol–water partition coefficient (Wildman–Crippen LogP) is 4.21.